The molecule has 5 amide bonds. The number of aliphatic carboxylic acids is 1. The van der Waals surface area contributed by atoms with Gasteiger partial charge in [0.15, 0.2) is 5.96 Å². The molecule has 0 saturated heterocycles. The number of nitrogens with one attached hydrogen (secondary N) is 5. The van der Waals surface area contributed by atoms with Gasteiger partial charge in [-0.1, -0.05) is 42.5 Å². The van der Waals surface area contributed by atoms with Crippen molar-refractivity contribution < 1.29 is 33.9 Å². The minimum atomic E-state index is -1.43. The first-order valence-electron chi connectivity index (χ1n) is 13.9. The molecule has 1 heterocycles. The van der Waals surface area contributed by atoms with Gasteiger partial charge < -0.3 is 43.2 Å². The molecule has 3 rings (SSSR count). The molecule has 3 atom stereocenters. The van der Waals surface area contributed by atoms with E-state index in [1.54, 1.807) is 36.4 Å². The van der Waals surface area contributed by atoms with Crippen molar-refractivity contribution in [1.29, 1.82) is 0 Å². The van der Waals surface area contributed by atoms with Crippen LogP contribution < -0.4 is 38.1 Å². The van der Waals surface area contributed by atoms with Gasteiger partial charge in [-0.05, 0) is 36.1 Å². The van der Waals surface area contributed by atoms with Gasteiger partial charge in [0.25, 0.3) is 5.91 Å². The fourth-order valence-corrected chi connectivity index (χ4v) is 4.40. The molecule has 2 aromatic rings. The molecule has 10 N–H and O–H groups in total. The molecule has 1 aliphatic rings. The molecule has 0 aliphatic carbocycles. The first-order chi connectivity index (χ1) is 21.0. The number of guanidine groups is 1. The van der Waals surface area contributed by atoms with Gasteiger partial charge in [-0.15, -0.1) is 0 Å². The predicted molar refractivity (Wildman–Crippen MR) is 159 cm³/mol. The highest BCUT2D eigenvalue weighted by Gasteiger charge is 2.29. The second kappa shape index (κ2) is 16.2. The van der Waals surface area contributed by atoms with Crippen molar-refractivity contribution in [2.75, 3.05) is 13.1 Å². The van der Waals surface area contributed by atoms with E-state index >= 15 is 0 Å². The molecule has 1 aliphatic heterocycles. The van der Waals surface area contributed by atoms with Crippen molar-refractivity contribution in [2.24, 2.45) is 16.5 Å². The number of carbonyl (C=O) groups excluding carboxylic acids is 5. The monoisotopic (exact) mass is 608 g/mol. The van der Waals surface area contributed by atoms with E-state index in [1.165, 1.54) is 12.1 Å². The highest BCUT2D eigenvalue weighted by Crippen LogP contribution is 2.10. The Bertz CT molecular complexity index is 1400. The summed E-state index contributed by atoms with van der Waals surface area (Å²) in [5, 5.41) is 21.9. The number of aliphatic imine (C=N–C) groups is 1. The summed E-state index contributed by atoms with van der Waals surface area (Å²) >= 11 is 0. The fourth-order valence-electron chi connectivity index (χ4n) is 4.40. The molecule has 0 radical (unpaired) electrons. The largest absolute Gasteiger partial charge is 0.481 e. The first-order valence-corrected chi connectivity index (χ1v) is 13.9. The molecule has 15 heteroatoms. The Morgan fingerprint density at radius 3 is 2.23 bits per heavy atom. The van der Waals surface area contributed by atoms with Gasteiger partial charge in [-0.3, -0.25) is 33.8 Å². The van der Waals surface area contributed by atoms with Crippen molar-refractivity contribution in [2.45, 2.75) is 50.4 Å². The number of benzene rings is 2. The summed E-state index contributed by atoms with van der Waals surface area (Å²) in [6, 6.07) is 11.6. The highest BCUT2D eigenvalue weighted by molar-refractivity contribution is 5.99. The highest BCUT2D eigenvalue weighted by atomic mass is 16.4. The van der Waals surface area contributed by atoms with Crippen LogP contribution in [0.4, 0.5) is 0 Å². The van der Waals surface area contributed by atoms with Gasteiger partial charge in [0.2, 0.25) is 23.6 Å². The van der Waals surface area contributed by atoms with E-state index in [0.29, 0.717) is 5.56 Å². The number of hydrogen-bond acceptors (Lipinski definition) is 7. The van der Waals surface area contributed by atoms with Crippen LogP contribution in [-0.4, -0.2) is 77.8 Å². The Labute approximate surface area is 253 Å². The Morgan fingerprint density at radius 2 is 1.52 bits per heavy atom. The quantitative estimate of drug-likeness (QED) is 0.0962. The van der Waals surface area contributed by atoms with Gasteiger partial charge in [0.1, 0.15) is 18.1 Å². The molecule has 0 fully saturated rings. The van der Waals surface area contributed by atoms with Crippen LogP contribution in [0.2, 0.25) is 0 Å². The smallest absolute Gasteiger partial charge is 0.305 e. The zero-order valence-corrected chi connectivity index (χ0v) is 23.9. The Morgan fingerprint density at radius 1 is 0.818 bits per heavy atom. The van der Waals surface area contributed by atoms with Gasteiger partial charge in [0.05, 0.1) is 13.0 Å². The van der Waals surface area contributed by atoms with Crippen molar-refractivity contribution in [3.05, 3.63) is 71.3 Å². The van der Waals surface area contributed by atoms with Crippen LogP contribution in [0, 0.1) is 0 Å². The summed E-state index contributed by atoms with van der Waals surface area (Å²) < 4.78 is 0. The maximum Gasteiger partial charge on any atom is 0.305 e. The van der Waals surface area contributed by atoms with E-state index in [-0.39, 0.29) is 43.9 Å². The number of amides is 5. The summed E-state index contributed by atoms with van der Waals surface area (Å²) in [6.07, 6.45) is -0.232. The maximum absolute atomic E-state index is 13.6. The molecule has 44 heavy (non-hydrogen) atoms. The van der Waals surface area contributed by atoms with Gasteiger partial charge >= 0.3 is 5.97 Å². The summed E-state index contributed by atoms with van der Waals surface area (Å²) in [7, 11) is 0. The number of carbonyl (C=O) groups is 6. The lowest BCUT2D eigenvalue weighted by atomic mass is 10.0. The maximum atomic E-state index is 13.6. The van der Waals surface area contributed by atoms with Crippen molar-refractivity contribution in [3.8, 4) is 0 Å². The minimum Gasteiger partial charge on any atom is -0.481 e. The topological polar surface area (TPSA) is 247 Å². The molecule has 2 aromatic carbocycles. The fraction of sp³-hybridized carbons (Fsp3) is 0.345. The van der Waals surface area contributed by atoms with Crippen LogP contribution in [0.5, 0.6) is 0 Å². The summed E-state index contributed by atoms with van der Waals surface area (Å²) in [6.45, 7) is -0.512. The van der Waals surface area contributed by atoms with Crippen LogP contribution in [0.3, 0.4) is 0 Å². The van der Waals surface area contributed by atoms with Crippen LogP contribution >= 0.6 is 0 Å². The molecule has 0 spiro atoms. The van der Waals surface area contributed by atoms with Crippen LogP contribution in [0.1, 0.15) is 40.7 Å². The molecule has 0 unspecified atom stereocenters. The molecule has 2 bridgehead atoms. The lowest BCUT2D eigenvalue weighted by Crippen LogP contribution is -2.56. The number of hydrogen-bond donors (Lipinski definition) is 8. The third-order valence-electron chi connectivity index (χ3n) is 6.59. The first kappa shape index (κ1) is 33.0. The van der Waals surface area contributed by atoms with E-state index in [2.05, 4.69) is 31.6 Å². The van der Waals surface area contributed by atoms with E-state index in [0.717, 1.165) is 5.56 Å². The van der Waals surface area contributed by atoms with E-state index in [1.807, 2.05) is 6.07 Å². The number of nitrogens with zero attached hydrogens (tertiary/aromatic N) is 1. The van der Waals surface area contributed by atoms with Crippen molar-refractivity contribution in [1.82, 2.24) is 26.6 Å². The molecule has 0 saturated carbocycles. The molecular formula is C29H36N8O7. The summed E-state index contributed by atoms with van der Waals surface area (Å²) in [5.41, 5.74) is 12.2. The lowest BCUT2D eigenvalue weighted by molar-refractivity contribution is -0.140. The third-order valence-corrected chi connectivity index (χ3v) is 6.59. The van der Waals surface area contributed by atoms with Gasteiger partial charge in [-0.25, -0.2) is 0 Å². The van der Waals surface area contributed by atoms with E-state index in [9.17, 15) is 33.9 Å². The average Bonchev–Trinajstić information content (AvgIpc) is 2.99. The predicted octanol–water partition coefficient (Wildman–Crippen LogP) is -1.73. The second-order valence-corrected chi connectivity index (χ2v) is 10.1. The van der Waals surface area contributed by atoms with Gasteiger partial charge in [0, 0.05) is 25.1 Å². The zero-order chi connectivity index (χ0) is 32.1. The van der Waals surface area contributed by atoms with Crippen LogP contribution in [0.25, 0.3) is 0 Å². The minimum absolute atomic E-state index is 0.0713. The number of fused-ring (bicyclic) bond motifs is 2. The Balaban J connectivity index is 1.94. The van der Waals surface area contributed by atoms with Crippen molar-refractivity contribution >= 4 is 41.5 Å². The number of carboxylic acid groups (broad SMARTS) is 1. The number of carboxylic acids is 1. The third kappa shape index (κ3) is 10.7. The van der Waals surface area contributed by atoms with E-state index in [4.69, 9.17) is 11.5 Å². The summed E-state index contributed by atoms with van der Waals surface area (Å²) in [5.74, 6) is -4.99. The number of rotatable bonds is 8. The standard InChI is InChI=1S/C29H36N8O7/c30-29(31)32-11-5-10-20-26(42)34-16-23(38)35-22(14-24(39)40)27(43)33-15-18-8-4-9-19(12-18)25(41)37-21(28(44)36-20)13-17-6-2-1-3-7-17/h1-4,6-9,12,20-22H,5,10-11,13-16H2,(H,33,43)(H,34,42)(H,35,38)(H,36,44)(H,37,41)(H,39,40)(H4,30,31,32)/t20-,21+,22-/m0/s1. The zero-order valence-electron chi connectivity index (χ0n) is 23.9. The Kier molecular flexibility index (Phi) is 12.2. The molecule has 234 valence electrons. The number of nitrogens with two attached hydrogens (primary N) is 2. The van der Waals surface area contributed by atoms with Crippen molar-refractivity contribution in [3.63, 3.8) is 0 Å². The van der Waals surface area contributed by atoms with Gasteiger partial charge in [-0.2, -0.15) is 0 Å². The molecule has 15 nitrogen and oxygen atoms in total. The van der Waals surface area contributed by atoms with E-state index < -0.39 is 66.6 Å². The van der Waals surface area contributed by atoms with Crippen LogP contribution in [-0.2, 0) is 36.9 Å². The Hall–Kier alpha value is -5.47. The lowest BCUT2D eigenvalue weighted by Gasteiger charge is -2.24. The summed E-state index contributed by atoms with van der Waals surface area (Å²) in [4.78, 5) is 80.6. The molecule has 0 aromatic heterocycles. The van der Waals surface area contributed by atoms with Crippen LogP contribution in [0.15, 0.2) is 59.6 Å². The second-order valence-electron chi connectivity index (χ2n) is 10.1. The molecular weight excluding hydrogens is 572 g/mol. The SMILES string of the molecule is NC(N)=NCCC[C@@H]1NC(=O)[C@@H](Cc2ccccc2)NC(=O)c2cccc(c2)CNC(=O)[C@H](CC(=O)O)NC(=O)CNC1=O. The normalized spacial score (nSPS) is 20.0. The average molecular weight is 609 g/mol.